The number of nitrogens with zero attached hydrogens (tertiary/aromatic N) is 1. The number of hydrogen-bond acceptors (Lipinski definition) is 2. The number of hydrogen-bond donors (Lipinski definition) is 0. The summed E-state index contributed by atoms with van der Waals surface area (Å²) in [6.45, 7) is 7.28. The maximum absolute atomic E-state index is 5.69. The number of rotatable bonds is 2. The topological polar surface area (TPSA) is 21.6 Å². The number of benzene rings is 1. The molecule has 1 heterocycles. The van der Waals surface area contributed by atoms with Crippen LogP contribution in [-0.4, -0.2) is 6.72 Å². The first-order valence-electron chi connectivity index (χ1n) is 4.93. The maximum Gasteiger partial charge on any atom is 0.221 e. The highest BCUT2D eigenvalue weighted by Gasteiger charge is 2.13. The number of para-hydroxylation sites is 1. The minimum Gasteiger partial charge on any atom is -0.438 e. The highest BCUT2D eigenvalue weighted by molar-refractivity contribution is 5.41. The van der Waals surface area contributed by atoms with Crippen molar-refractivity contribution in [3.63, 3.8) is 0 Å². The Hall–Kier alpha value is -1.83. The van der Waals surface area contributed by atoms with E-state index < -0.39 is 0 Å². The second kappa shape index (κ2) is 4.13. The summed E-state index contributed by atoms with van der Waals surface area (Å²) in [7, 11) is 0. The van der Waals surface area contributed by atoms with Gasteiger partial charge in [-0.3, -0.25) is 0 Å². The van der Waals surface area contributed by atoms with Gasteiger partial charge in [-0.05, 0) is 31.2 Å². The molecule has 2 nitrogen and oxygen atoms in total. The van der Waals surface area contributed by atoms with Crippen molar-refractivity contribution in [2.45, 2.75) is 12.8 Å². The van der Waals surface area contributed by atoms with Crippen LogP contribution in [0.5, 0.6) is 5.75 Å². The first-order chi connectivity index (χ1) is 7.35. The summed E-state index contributed by atoms with van der Waals surface area (Å²) in [5, 5.41) is 0. The normalized spacial score (nSPS) is 14.9. The third kappa shape index (κ3) is 1.84. The van der Waals surface area contributed by atoms with E-state index in [2.05, 4.69) is 24.4 Å². The summed E-state index contributed by atoms with van der Waals surface area (Å²) < 4.78 is 5.69. The maximum atomic E-state index is 5.69. The van der Waals surface area contributed by atoms with Crippen LogP contribution in [0.2, 0.25) is 0 Å². The highest BCUT2D eigenvalue weighted by atomic mass is 16.5. The molecular weight excluding hydrogens is 186 g/mol. The molecule has 0 spiro atoms. The third-order valence-corrected chi connectivity index (χ3v) is 2.51. The average molecular weight is 199 g/mol. The van der Waals surface area contributed by atoms with Gasteiger partial charge in [0.2, 0.25) is 5.88 Å². The van der Waals surface area contributed by atoms with E-state index in [-0.39, 0.29) is 0 Å². The van der Waals surface area contributed by atoms with E-state index in [1.807, 2.05) is 18.2 Å². The molecule has 1 aromatic rings. The second-order valence-corrected chi connectivity index (χ2v) is 3.40. The van der Waals surface area contributed by atoms with Gasteiger partial charge in [-0.25, -0.2) is 4.99 Å². The molecule has 1 aliphatic rings. The lowest BCUT2D eigenvalue weighted by Crippen LogP contribution is -1.94. The molecule has 0 atom stereocenters. The number of aliphatic imine (C=N–C) groups is 1. The van der Waals surface area contributed by atoms with Gasteiger partial charge in [0.25, 0.3) is 0 Å². The van der Waals surface area contributed by atoms with Crippen molar-refractivity contribution in [3.8, 4) is 5.75 Å². The van der Waals surface area contributed by atoms with Crippen molar-refractivity contribution >= 4 is 6.72 Å². The fourth-order valence-corrected chi connectivity index (χ4v) is 1.68. The zero-order chi connectivity index (χ0) is 10.7. The minimum absolute atomic E-state index is 0.579. The second-order valence-electron chi connectivity index (χ2n) is 3.40. The first-order valence-corrected chi connectivity index (χ1v) is 4.93. The molecule has 0 radical (unpaired) electrons. The van der Waals surface area contributed by atoms with Gasteiger partial charge in [-0.15, -0.1) is 0 Å². The summed E-state index contributed by atoms with van der Waals surface area (Å²) in [5.41, 5.74) is 2.22. The van der Waals surface area contributed by atoms with Crippen LogP contribution in [0.1, 0.15) is 12.0 Å². The van der Waals surface area contributed by atoms with E-state index in [0.717, 1.165) is 24.2 Å². The molecular formula is C13H13NO. The lowest BCUT2D eigenvalue weighted by molar-refractivity contribution is 0.417. The molecule has 2 heteroatoms. The summed E-state index contributed by atoms with van der Waals surface area (Å²) in [6, 6.07) is 8.00. The monoisotopic (exact) mass is 199 g/mol. The Bertz CT molecular complexity index is 432. The zero-order valence-electron chi connectivity index (χ0n) is 8.57. The van der Waals surface area contributed by atoms with Gasteiger partial charge in [0.15, 0.2) is 0 Å². The smallest absolute Gasteiger partial charge is 0.221 e. The van der Waals surface area contributed by atoms with E-state index >= 15 is 0 Å². The number of aryl methyl sites for hydroxylation is 1. The van der Waals surface area contributed by atoms with E-state index in [9.17, 15) is 0 Å². The van der Waals surface area contributed by atoms with Gasteiger partial charge in [0.05, 0.1) is 0 Å². The van der Waals surface area contributed by atoms with Crippen LogP contribution in [0.25, 0.3) is 0 Å². The number of fused-ring (bicyclic) bond motifs is 1. The molecule has 0 saturated heterocycles. The SMILES string of the molecule is C=CC1=C(N=C)Oc2ccccc2CC1. The van der Waals surface area contributed by atoms with Crippen LogP contribution in [-0.2, 0) is 6.42 Å². The molecule has 76 valence electrons. The Morgan fingerprint density at radius 3 is 2.80 bits per heavy atom. The predicted octanol–water partition coefficient (Wildman–Crippen LogP) is 3.11. The van der Waals surface area contributed by atoms with E-state index in [0.29, 0.717) is 5.88 Å². The standard InChI is InChI=1S/C13H13NO/c1-3-10-8-9-11-6-4-5-7-12(11)15-13(10)14-2/h3-7H,1-2,8-9H2. The summed E-state index contributed by atoms with van der Waals surface area (Å²) in [4.78, 5) is 3.89. The van der Waals surface area contributed by atoms with Crippen LogP contribution in [0, 0.1) is 0 Å². The summed E-state index contributed by atoms with van der Waals surface area (Å²) >= 11 is 0. The molecule has 0 aliphatic carbocycles. The largest absolute Gasteiger partial charge is 0.438 e. The van der Waals surface area contributed by atoms with Gasteiger partial charge < -0.3 is 4.74 Å². The fraction of sp³-hybridized carbons (Fsp3) is 0.154. The van der Waals surface area contributed by atoms with Crippen LogP contribution in [0.15, 0.2) is 53.4 Å². The lowest BCUT2D eigenvalue weighted by atomic mass is 10.1. The van der Waals surface area contributed by atoms with E-state index in [1.165, 1.54) is 5.56 Å². The Balaban J connectivity index is 2.43. The highest BCUT2D eigenvalue weighted by Crippen LogP contribution is 2.29. The molecule has 1 aromatic carbocycles. The quantitative estimate of drug-likeness (QED) is 0.670. The first kappa shape index (κ1) is 9.71. The van der Waals surface area contributed by atoms with Crippen molar-refractivity contribution in [2.75, 3.05) is 0 Å². The van der Waals surface area contributed by atoms with Crippen molar-refractivity contribution in [1.82, 2.24) is 0 Å². The third-order valence-electron chi connectivity index (χ3n) is 2.51. The molecule has 0 bridgehead atoms. The van der Waals surface area contributed by atoms with Gasteiger partial charge in [-0.1, -0.05) is 30.9 Å². The number of allylic oxidation sites excluding steroid dienone is 2. The lowest BCUT2D eigenvalue weighted by Gasteiger charge is -2.06. The summed E-state index contributed by atoms with van der Waals surface area (Å²) in [5.74, 6) is 1.45. The number of ether oxygens (including phenoxy) is 1. The Morgan fingerprint density at radius 1 is 1.27 bits per heavy atom. The van der Waals surface area contributed by atoms with Crippen molar-refractivity contribution in [1.29, 1.82) is 0 Å². The molecule has 0 saturated carbocycles. The minimum atomic E-state index is 0.579. The van der Waals surface area contributed by atoms with Gasteiger partial charge in [0, 0.05) is 5.57 Å². The van der Waals surface area contributed by atoms with Gasteiger partial charge >= 0.3 is 0 Å². The van der Waals surface area contributed by atoms with Crippen LogP contribution >= 0.6 is 0 Å². The van der Waals surface area contributed by atoms with Crippen LogP contribution in [0.3, 0.4) is 0 Å². The van der Waals surface area contributed by atoms with Crippen molar-refractivity contribution in [2.24, 2.45) is 4.99 Å². The zero-order valence-corrected chi connectivity index (χ0v) is 8.57. The molecule has 1 aliphatic heterocycles. The molecule has 15 heavy (non-hydrogen) atoms. The molecule has 0 amide bonds. The Kier molecular flexibility index (Phi) is 2.68. The van der Waals surface area contributed by atoms with Gasteiger partial charge in [-0.2, -0.15) is 0 Å². The van der Waals surface area contributed by atoms with E-state index in [1.54, 1.807) is 6.08 Å². The molecule has 2 rings (SSSR count). The fourth-order valence-electron chi connectivity index (χ4n) is 1.68. The summed E-state index contributed by atoms with van der Waals surface area (Å²) in [6.07, 6.45) is 3.64. The van der Waals surface area contributed by atoms with Crippen molar-refractivity contribution < 1.29 is 4.74 Å². The molecule has 0 aromatic heterocycles. The molecule has 0 fully saturated rings. The van der Waals surface area contributed by atoms with E-state index in [4.69, 9.17) is 4.74 Å². The Labute approximate surface area is 89.6 Å². The Morgan fingerprint density at radius 2 is 2.07 bits per heavy atom. The average Bonchev–Trinajstić information content (AvgIpc) is 2.47. The molecule has 0 unspecified atom stereocenters. The van der Waals surface area contributed by atoms with Crippen molar-refractivity contribution in [3.05, 3.63) is 53.9 Å². The van der Waals surface area contributed by atoms with Gasteiger partial charge in [0.1, 0.15) is 5.75 Å². The predicted molar refractivity (Wildman–Crippen MR) is 62.2 cm³/mol. The van der Waals surface area contributed by atoms with Crippen LogP contribution < -0.4 is 4.74 Å². The van der Waals surface area contributed by atoms with Crippen LogP contribution in [0.4, 0.5) is 0 Å². The molecule has 0 N–H and O–H groups in total.